The van der Waals surface area contributed by atoms with Crippen molar-refractivity contribution in [3.05, 3.63) is 0 Å². The van der Waals surface area contributed by atoms with Crippen molar-refractivity contribution in [1.82, 2.24) is 13.6 Å². The number of unbranched alkanes of at least 4 members (excludes halogenated alkanes) is 14. The summed E-state index contributed by atoms with van der Waals surface area (Å²) in [4.78, 5) is 54.4. The van der Waals surface area contributed by atoms with Gasteiger partial charge in [-0.3, -0.25) is 9.59 Å². The lowest BCUT2D eigenvalue weighted by Crippen LogP contribution is -2.50. The lowest BCUT2D eigenvalue weighted by atomic mass is 10.0. The van der Waals surface area contributed by atoms with Gasteiger partial charge < -0.3 is 33.5 Å². The molecule has 0 aliphatic carbocycles. The SMILES string of the molecule is CCCCCCCCCCCCCCCCCC(=O)O[C@@H](C)C(=O)O[C@@H](C)C(=O)O[C@H](COc1nsnc1N1CCOCC1)CN(C(C)=O)C(C)(C)C. The number of aromatic nitrogens is 2. The third kappa shape index (κ3) is 19.2. The maximum Gasteiger partial charge on any atom is 0.347 e. The summed E-state index contributed by atoms with van der Waals surface area (Å²) in [7, 11) is 0. The second-order valence-corrected chi connectivity index (χ2v) is 15.6. The number of anilines is 1. The van der Waals surface area contributed by atoms with Gasteiger partial charge in [0.1, 0.15) is 6.61 Å². The molecule has 1 aliphatic heterocycles. The zero-order chi connectivity index (χ0) is 39.1. The predicted octanol–water partition coefficient (Wildman–Crippen LogP) is 7.44. The molecule has 0 aromatic carbocycles. The van der Waals surface area contributed by atoms with Crippen molar-refractivity contribution < 1.29 is 42.9 Å². The molecule has 1 aromatic heterocycles. The van der Waals surface area contributed by atoms with Crippen LogP contribution in [-0.4, -0.2) is 101 Å². The van der Waals surface area contributed by atoms with Crippen LogP contribution in [0.25, 0.3) is 0 Å². The smallest absolute Gasteiger partial charge is 0.347 e. The molecule has 0 N–H and O–H groups in total. The summed E-state index contributed by atoms with van der Waals surface area (Å²) in [5, 5.41) is 0. The highest BCUT2D eigenvalue weighted by Gasteiger charge is 2.32. The molecule has 1 saturated heterocycles. The molecule has 3 atom stereocenters. The van der Waals surface area contributed by atoms with Gasteiger partial charge in [-0.2, -0.15) is 4.37 Å². The molecule has 53 heavy (non-hydrogen) atoms. The minimum Gasteiger partial charge on any atom is -0.470 e. The highest BCUT2D eigenvalue weighted by Crippen LogP contribution is 2.27. The fraction of sp³-hybridized carbons (Fsp3) is 0.846. The lowest BCUT2D eigenvalue weighted by Gasteiger charge is -2.37. The monoisotopic (exact) mass is 768 g/mol. The summed E-state index contributed by atoms with van der Waals surface area (Å²) in [6.07, 6.45) is 15.3. The average molecular weight is 769 g/mol. The van der Waals surface area contributed by atoms with Gasteiger partial charge in [0, 0.05) is 32.0 Å². The highest BCUT2D eigenvalue weighted by molar-refractivity contribution is 6.99. The molecule has 0 saturated carbocycles. The zero-order valence-electron chi connectivity index (χ0n) is 33.7. The fourth-order valence-corrected chi connectivity index (χ4v) is 6.65. The van der Waals surface area contributed by atoms with E-state index >= 15 is 0 Å². The first-order chi connectivity index (χ1) is 25.3. The number of amides is 1. The number of carbonyl (C=O) groups excluding carboxylic acids is 4. The molecule has 1 amide bonds. The molecule has 304 valence electrons. The van der Waals surface area contributed by atoms with E-state index in [4.69, 9.17) is 23.7 Å². The Hall–Kier alpha value is -3.00. The number of esters is 3. The van der Waals surface area contributed by atoms with E-state index in [0.29, 0.717) is 44.4 Å². The van der Waals surface area contributed by atoms with Crippen LogP contribution in [0.3, 0.4) is 0 Å². The number of rotatable bonds is 27. The van der Waals surface area contributed by atoms with Gasteiger partial charge in [-0.15, -0.1) is 4.37 Å². The van der Waals surface area contributed by atoms with E-state index in [1.165, 1.54) is 91.4 Å². The Morgan fingerprint density at radius 1 is 0.774 bits per heavy atom. The molecule has 0 unspecified atom stereocenters. The largest absolute Gasteiger partial charge is 0.470 e. The van der Waals surface area contributed by atoms with E-state index in [9.17, 15) is 19.2 Å². The summed E-state index contributed by atoms with van der Waals surface area (Å²) in [6, 6.07) is 0. The van der Waals surface area contributed by atoms with Crippen LogP contribution in [0.1, 0.15) is 151 Å². The average Bonchev–Trinajstić information content (AvgIpc) is 3.59. The molecular weight excluding hydrogens is 701 g/mol. The van der Waals surface area contributed by atoms with Crippen LogP contribution in [-0.2, 0) is 38.1 Å². The maximum atomic E-state index is 13.2. The summed E-state index contributed by atoms with van der Waals surface area (Å²) < 4.78 is 36.4. The van der Waals surface area contributed by atoms with Crippen LogP contribution in [0, 0.1) is 0 Å². The second kappa shape index (κ2) is 25.9. The molecule has 0 bridgehead atoms. The lowest BCUT2D eigenvalue weighted by molar-refractivity contribution is -0.180. The van der Waals surface area contributed by atoms with Gasteiger partial charge in [0.15, 0.2) is 18.3 Å². The third-order valence-corrected chi connectivity index (χ3v) is 9.77. The normalized spacial score (nSPS) is 15.0. The molecule has 2 rings (SSSR count). The molecule has 0 radical (unpaired) electrons. The van der Waals surface area contributed by atoms with Crippen LogP contribution >= 0.6 is 11.7 Å². The molecule has 0 spiro atoms. The van der Waals surface area contributed by atoms with Gasteiger partial charge in [-0.05, 0) is 41.0 Å². The number of carbonyl (C=O) groups is 4. The molecule has 1 aromatic rings. The first kappa shape index (κ1) is 46.2. The Bertz CT molecular complexity index is 1200. The molecule has 13 nitrogen and oxygen atoms in total. The van der Waals surface area contributed by atoms with Crippen molar-refractivity contribution in [2.75, 3.05) is 44.4 Å². The van der Waals surface area contributed by atoms with Crippen LogP contribution < -0.4 is 9.64 Å². The molecule has 2 heterocycles. The molecule has 1 fully saturated rings. The number of ether oxygens (including phenoxy) is 5. The first-order valence-electron chi connectivity index (χ1n) is 20.0. The quantitative estimate of drug-likeness (QED) is 0.0498. The van der Waals surface area contributed by atoms with Crippen molar-refractivity contribution in [3.63, 3.8) is 0 Å². The minimum absolute atomic E-state index is 0.0308. The Labute approximate surface area is 322 Å². The second-order valence-electron chi connectivity index (χ2n) is 15.1. The van der Waals surface area contributed by atoms with Crippen LogP contribution in [0.15, 0.2) is 0 Å². The van der Waals surface area contributed by atoms with Crippen molar-refractivity contribution in [2.45, 2.75) is 175 Å². The standard InChI is InChI=1S/C39H68N4O9S/c1-8-9-10-11-12-13-14-15-16-17-18-19-20-21-22-23-34(45)50-30(2)37(46)51-31(3)38(47)52-33(28-43(32(4)44)39(5,6)7)29-49-36-35(40-53-41-36)42-24-26-48-27-25-42/h30-31,33H,8-29H2,1-7H3/t30-,31-,33-/m0/s1. The summed E-state index contributed by atoms with van der Waals surface area (Å²) >= 11 is 1.01. The van der Waals surface area contributed by atoms with Crippen molar-refractivity contribution in [3.8, 4) is 5.88 Å². The topological polar surface area (TPSA) is 147 Å². The van der Waals surface area contributed by atoms with Crippen molar-refractivity contribution in [2.24, 2.45) is 0 Å². The highest BCUT2D eigenvalue weighted by atomic mass is 32.1. The number of hydrogen-bond donors (Lipinski definition) is 0. The van der Waals surface area contributed by atoms with Gasteiger partial charge in [0.05, 0.1) is 31.5 Å². The minimum atomic E-state index is -1.30. The third-order valence-electron chi connectivity index (χ3n) is 9.27. The Kier molecular flexibility index (Phi) is 22.6. The van der Waals surface area contributed by atoms with Crippen LogP contribution in [0.5, 0.6) is 5.88 Å². The number of hydrogen-bond acceptors (Lipinski definition) is 13. The van der Waals surface area contributed by atoms with Gasteiger partial charge >= 0.3 is 17.9 Å². The van der Waals surface area contributed by atoms with Crippen LogP contribution in [0.2, 0.25) is 0 Å². The van der Waals surface area contributed by atoms with Gasteiger partial charge in [0.25, 0.3) is 5.88 Å². The van der Waals surface area contributed by atoms with E-state index in [2.05, 4.69) is 15.7 Å². The van der Waals surface area contributed by atoms with Crippen molar-refractivity contribution >= 4 is 41.4 Å². The summed E-state index contributed by atoms with van der Waals surface area (Å²) in [5.41, 5.74) is -0.568. The van der Waals surface area contributed by atoms with Gasteiger partial charge in [-0.25, -0.2) is 9.59 Å². The first-order valence-corrected chi connectivity index (χ1v) is 20.7. The van der Waals surface area contributed by atoms with E-state index in [1.54, 1.807) is 4.90 Å². The Morgan fingerprint density at radius 2 is 1.28 bits per heavy atom. The maximum absolute atomic E-state index is 13.2. The fourth-order valence-electron chi connectivity index (χ4n) is 6.13. The number of morpholine rings is 1. The Balaban J connectivity index is 1.74. The van der Waals surface area contributed by atoms with E-state index < -0.39 is 41.8 Å². The Morgan fingerprint density at radius 3 is 1.81 bits per heavy atom. The molecule has 14 heteroatoms. The van der Waals surface area contributed by atoms with Crippen LogP contribution in [0.4, 0.5) is 5.82 Å². The van der Waals surface area contributed by atoms with Gasteiger partial charge in [-0.1, -0.05) is 96.8 Å². The zero-order valence-corrected chi connectivity index (χ0v) is 34.5. The van der Waals surface area contributed by atoms with E-state index in [1.807, 2.05) is 25.7 Å². The number of nitrogens with zero attached hydrogens (tertiary/aromatic N) is 4. The van der Waals surface area contributed by atoms with E-state index in [0.717, 1.165) is 31.0 Å². The molecule has 1 aliphatic rings. The van der Waals surface area contributed by atoms with Gasteiger partial charge in [0.2, 0.25) is 11.7 Å². The predicted molar refractivity (Wildman–Crippen MR) is 206 cm³/mol. The summed E-state index contributed by atoms with van der Waals surface area (Å²) in [6.45, 7) is 14.4. The summed E-state index contributed by atoms with van der Waals surface area (Å²) in [5.74, 6) is -1.49. The van der Waals surface area contributed by atoms with E-state index in [-0.39, 0.29) is 25.5 Å². The van der Waals surface area contributed by atoms with Crippen molar-refractivity contribution in [1.29, 1.82) is 0 Å². The molecular formula is C39H68N4O9S.